The van der Waals surface area contributed by atoms with E-state index in [1.807, 2.05) is 6.26 Å². The van der Waals surface area contributed by atoms with Gasteiger partial charge in [-0.15, -0.1) is 0 Å². The van der Waals surface area contributed by atoms with Gasteiger partial charge in [-0.25, -0.2) is 0 Å². The van der Waals surface area contributed by atoms with Crippen molar-refractivity contribution in [1.29, 1.82) is 0 Å². The maximum atomic E-state index is 5.53. The van der Waals surface area contributed by atoms with Gasteiger partial charge in [0.2, 0.25) is 0 Å². The van der Waals surface area contributed by atoms with Gasteiger partial charge in [-0.1, -0.05) is 6.07 Å². The summed E-state index contributed by atoms with van der Waals surface area (Å²) in [5, 5.41) is 3.63. The Morgan fingerprint density at radius 2 is 2.06 bits per heavy atom. The number of furan rings is 1. The van der Waals surface area contributed by atoms with Gasteiger partial charge < -0.3 is 9.73 Å². The smallest absolute Gasteiger partial charge is 0.109 e. The lowest BCUT2D eigenvalue weighted by molar-refractivity contribution is 0.461. The third-order valence-corrected chi connectivity index (χ3v) is 3.90. The van der Waals surface area contributed by atoms with Crippen LogP contribution in [-0.2, 0) is 6.42 Å². The Hall–Kier alpha value is -1.70. The summed E-state index contributed by atoms with van der Waals surface area (Å²) in [7, 11) is 0. The summed E-state index contributed by atoms with van der Waals surface area (Å²) < 4.78 is 5.53. The summed E-state index contributed by atoms with van der Waals surface area (Å²) in [6.07, 6.45) is 5.26. The summed E-state index contributed by atoms with van der Waals surface area (Å²) in [6, 6.07) is 9.07. The van der Waals surface area contributed by atoms with E-state index >= 15 is 0 Å². The number of hydrogen-bond acceptors (Lipinski definition) is 2. The third-order valence-electron chi connectivity index (χ3n) is 3.90. The highest BCUT2D eigenvalue weighted by molar-refractivity contribution is 5.50. The topological polar surface area (TPSA) is 25.2 Å². The predicted molar refractivity (Wildman–Crippen MR) is 73.9 cm³/mol. The zero-order chi connectivity index (χ0) is 12.5. The molecule has 0 spiro atoms. The number of benzene rings is 1. The molecular weight excluding hydrogens is 222 g/mol. The van der Waals surface area contributed by atoms with Gasteiger partial charge in [0, 0.05) is 17.7 Å². The molecule has 2 heteroatoms. The highest BCUT2D eigenvalue weighted by Crippen LogP contribution is 2.33. The maximum Gasteiger partial charge on any atom is 0.109 e. The summed E-state index contributed by atoms with van der Waals surface area (Å²) in [6.45, 7) is 4.30. The molecule has 2 aromatic rings. The van der Waals surface area contributed by atoms with E-state index in [9.17, 15) is 0 Å². The van der Waals surface area contributed by atoms with Gasteiger partial charge in [-0.2, -0.15) is 0 Å². The number of aryl methyl sites for hydroxylation is 3. The van der Waals surface area contributed by atoms with E-state index in [-0.39, 0.29) is 0 Å². The van der Waals surface area contributed by atoms with Crippen molar-refractivity contribution in [2.75, 3.05) is 5.32 Å². The SMILES string of the molecule is Cc1ccc(NC2CCCc3occc32)cc1C. The first-order chi connectivity index (χ1) is 8.74. The molecule has 0 aliphatic heterocycles. The highest BCUT2D eigenvalue weighted by atomic mass is 16.3. The molecule has 1 N–H and O–H groups in total. The second kappa shape index (κ2) is 4.52. The van der Waals surface area contributed by atoms with Crippen molar-refractivity contribution in [1.82, 2.24) is 0 Å². The quantitative estimate of drug-likeness (QED) is 0.843. The fourth-order valence-corrected chi connectivity index (χ4v) is 2.67. The minimum Gasteiger partial charge on any atom is -0.469 e. The molecule has 0 bridgehead atoms. The van der Waals surface area contributed by atoms with Gasteiger partial charge in [0.05, 0.1) is 12.3 Å². The Balaban J connectivity index is 1.84. The van der Waals surface area contributed by atoms with E-state index in [2.05, 4.69) is 43.4 Å². The van der Waals surface area contributed by atoms with E-state index in [4.69, 9.17) is 4.42 Å². The van der Waals surface area contributed by atoms with Crippen LogP contribution < -0.4 is 5.32 Å². The number of rotatable bonds is 2. The van der Waals surface area contributed by atoms with Crippen molar-refractivity contribution >= 4 is 5.69 Å². The van der Waals surface area contributed by atoms with Crippen LogP contribution in [0.2, 0.25) is 0 Å². The molecule has 1 unspecified atom stereocenters. The van der Waals surface area contributed by atoms with Crippen molar-refractivity contribution < 1.29 is 4.42 Å². The van der Waals surface area contributed by atoms with Gasteiger partial charge in [0.25, 0.3) is 0 Å². The summed E-state index contributed by atoms with van der Waals surface area (Å²) in [5.41, 5.74) is 5.22. The second-order valence-electron chi connectivity index (χ2n) is 5.19. The van der Waals surface area contributed by atoms with Crippen molar-refractivity contribution in [3.05, 3.63) is 53.0 Å². The fraction of sp³-hybridized carbons (Fsp3) is 0.375. The first-order valence-corrected chi connectivity index (χ1v) is 6.64. The first kappa shape index (κ1) is 11.4. The molecule has 1 heterocycles. The predicted octanol–water partition coefficient (Wildman–Crippen LogP) is 4.39. The van der Waals surface area contributed by atoms with Crippen molar-refractivity contribution in [3.8, 4) is 0 Å². The lowest BCUT2D eigenvalue weighted by Crippen LogP contribution is -2.15. The highest BCUT2D eigenvalue weighted by Gasteiger charge is 2.22. The van der Waals surface area contributed by atoms with E-state index < -0.39 is 0 Å². The monoisotopic (exact) mass is 241 g/mol. The largest absolute Gasteiger partial charge is 0.469 e. The van der Waals surface area contributed by atoms with Crippen LogP contribution in [-0.4, -0.2) is 0 Å². The Morgan fingerprint density at radius 1 is 1.17 bits per heavy atom. The zero-order valence-corrected chi connectivity index (χ0v) is 11.0. The minimum absolute atomic E-state index is 0.398. The minimum atomic E-state index is 0.398. The Labute approximate surface area is 108 Å². The molecule has 1 aromatic heterocycles. The Morgan fingerprint density at radius 3 is 2.89 bits per heavy atom. The number of anilines is 1. The average Bonchev–Trinajstić information content (AvgIpc) is 2.83. The van der Waals surface area contributed by atoms with E-state index in [0.29, 0.717) is 6.04 Å². The molecule has 0 radical (unpaired) electrons. The molecule has 1 aliphatic carbocycles. The third kappa shape index (κ3) is 2.03. The zero-order valence-electron chi connectivity index (χ0n) is 11.0. The van der Waals surface area contributed by atoms with Crippen LogP contribution in [0.1, 0.15) is 41.3 Å². The lowest BCUT2D eigenvalue weighted by Gasteiger charge is -2.24. The van der Waals surface area contributed by atoms with Crippen LogP contribution in [0, 0.1) is 13.8 Å². The molecule has 0 fully saturated rings. The van der Waals surface area contributed by atoms with E-state index in [1.54, 1.807) is 0 Å². The van der Waals surface area contributed by atoms with Crippen LogP contribution in [0.3, 0.4) is 0 Å². The molecule has 0 saturated heterocycles. The van der Waals surface area contributed by atoms with Gasteiger partial charge >= 0.3 is 0 Å². The molecule has 3 rings (SSSR count). The molecule has 18 heavy (non-hydrogen) atoms. The molecule has 1 aliphatic rings. The van der Waals surface area contributed by atoms with Gasteiger partial charge in [0.1, 0.15) is 5.76 Å². The Kier molecular flexibility index (Phi) is 2.86. The van der Waals surface area contributed by atoms with E-state index in [0.717, 1.165) is 12.2 Å². The summed E-state index contributed by atoms with van der Waals surface area (Å²) >= 11 is 0. The molecule has 0 saturated carbocycles. The summed E-state index contributed by atoms with van der Waals surface area (Å²) in [4.78, 5) is 0. The second-order valence-corrected chi connectivity index (χ2v) is 5.19. The van der Waals surface area contributed by atoms with Gasteiger partial charge in [0.15, 0.2) is 0 Å². The average molecular weight is 241 g/mol. The molecular formula is C16H19NO. The Bertz CT molecular complexity index is 556. The molecule has 1 atom stereocenters. The van der Waals surface area contributed by atoms with Crippen LogP contribution >= 0.6 is 0 Å². The molecule has 2 nitrogen and oxygen atoms in total. The lowest BCUT2D eigenvalue weighted by atomic mass is 9.93. The molecule has 0 amide bonds. The van der Waals surface area contributed by atoms with Crippen molar-refractivity contribution in [2.45, 2.75) is 39.2 Å². The van der Waals surface area contributed by atoms with E-state index in [1.165, 1.54) is 35.2 Å². The normalized spacial score (nSPS) is 18.4. The molecule has 94 valence electrons. The van der Waals surface area contributed by atoms with Crippen molar-refractivity contribution in [2.24, 2.45) is 0 Å². The van der Waals surface area contributed by atoms with Crippen LogP contribution in [0.15, 0.2) is 34.9 Å². The maximum absolute atomic E-state index is 5.53. The number of hydrogen-bond donors (Lipinski definition) is 1. The fourth-order valence-electron chi connectivity index (χ4n) is 2.67. The van der Waals surface area contributed by atoms with Crippen molar-refractivity contribution in [3.63, 3.8) is 0 Å². The van der Waals surface area contributed by atoms with Gasteiger partial charge in [-0.3, -0.25) is 0 Å². The molecule has 1 aromatic carbocycles. The van der Waals surface area contributed by atoms with Crippen LogP contribution in [0.25, 0.3) is 0 Å². The van der Waals surface area contributed by atoms with Crippen LogP contribution in [0.5, 0.6) is 0 Å². The summed E-state index contributed by atoms with van der Waals surface area (Å²) in [5.74, 6) is 1.16. The number of fused-ring (bicyclic) bond motifs is 1. The van der Waals surface area contributed by atoms with Crippen LogP contribution in [0.4, 0.5) is 5.69 Å². The number of nitrogens with one attached hydrogen (secondary N) is 1. The standard InChI is InChI=1S/C16H19NO/c1-11-6-7-13(10-12(11)2)17-15-4-3-5-16-14(15)8-9-18-16/h6-10,15,17H,3-5H2,1-2H3. The first-order valence-electron chi connectivity index (χ1n) is 6.64. The van der Waals surface area contributed by atoms with Gasteiger partial charge in [-0.05, 0) is 56.0 Å².